The first-order chi connectivity index (χ1) is 12.7. The second kappa shape index (κ2) is 9.33. The summed E-state index contributed by atoms with van der Waals surface area (Å²) in [5, 5.41) is 10.3. The summed E-state index contributed by atoms with van der Waals surface area (Å²) in [5.41, 5.74) is 2.57. The van der Waals surface area contributed by atoms with Gasteiger partial charge in [-0.2, -0.15) is 4.98 Å². The lowest BCUT2D eigenvalue weighted by atomic mass is 10.1. The number of aryl methyl sites for hydroxylation is 1. The van der Waals surface area contributed by atoms with Crippen molar-refractivity contribution in [2.45, 2.75) is 46.3 Å². The maximum Gasteiger partial charge on any atom is 0.223 e. The Bertz CT molecular complexity index is 703. The molecule has 1 aromatic heterocycles. The number of nitrogens with zero attached hydrogens (tertiary/aromatic N) is 4. The van der Waals surface area contributed by atoms with Gasteiger partial charge in [0.25, 0.3) is 0 Å². The molecule has 3 rings (SSSR count). The lowest BCUT2D eigenvalue weighted by molar-refractivity contribution is 0.331. The number of nitrogens with one attached hydrogen (secondary N) is 2. The highest BCUT2D eigenvalue weighted by Crippen LogP contribution is 2.13. The minimum atomic E-state index is 0.484. The smallest absolute Gasteiger partial charge is 0.223 e. The van der Waals surface area contributed by atoms with Crippen LogP contribution in [0.15, 0.2) is 33.8 Å². The molecule has 1 aliphatic heterocycles. The number of aliphatic imine (C=N–C) groups is 1. The van der Waals surface area contributed by atoms with Crippen molar-refractivity contribution >= 4 is 5.96 Å². The van der Waals surface area contributed by atoms with Crippen molar-refractivity contribution in [3.8, 4) is 0 Å². The molecule has 1 aliphatic rings. The van der Waals surface area contributed by atoms with Gasteiger partial charge in [-0.05, 0) is 44.0 Å². The summed E-state index contributed by atoms with van der Waals surface area (Å²) < 4.78 is 4.98. The van der Waals surface area contributed by atoms with E-state index in [-0.39, 0.29) is 0 Å². The Morgan fingerprint density at radius 3 is 2.54 bits per heavy atom. The molecule has 7 nitrogen and oxygen atoms in total. The van der Waals surface area contributed by atoms with Crippen LogP contribution in [0.5, 0.6) is 0 Å². The molecule has 0 atom stereocenters. The first-order valence-corrected chi connectivity index (χ1v) is 9.34. The van der Waals surface area contributed by atoms with E-state index in [0.717, 1.165) is 19.0 Å². The Morgan fingerprint density at radius 1 is 1.15 bits per heavy atom. The van der Waals surface area contributed by atoms with Crippen LogP contribution >= 0.6 is 0 Å². The first kappa shape index (κ1) is 18.4. The van der Waals surface area contributed by atoms with E-state index < -0.39 is 0 Å². The summed E-state index contributed by atoms with van der Waals surface area (Å²) in [5.74, 6) is 1.94. The van der Waals surface area contributed by atoms with Crippen molar-refractivity contribution < 1.29 is 4.52 Å². The van der Waals surface area contributed by atoms with Gasteiger partial charge in [0.2, 0.25) is 5.89 Å². The van der Waals surface area contributed by atoms with Crippen molar-refractivity contribution in [3.05, 3.63) is 47.1 Å². The molecule has 0 unspecified atom stereocenters. The van der Waals surface area contributed by atoms with E-state index in [2.05, 4.69) is 54.9 Å². The Labute approximate surface area is 154 Å². The molecule has 0 radical (unpaired) electrons. The predicted molar refractivity (Wildman–Crippen MR) is 102 cm³/mol. The van der Waals surface area contributed by atoms with Crippen LogP contribution in [-0.4, -0.2) is 40.6 Å². The average Bonchev–Trinajstić information content (AvgIpc) is 3.30. The van der Waals surface area contributed by atoms with Crippen LogP contribution in [-0.2, 0) is 19.6 Å². The van der Waals surface area contributed by atoms with Crippen LogP contribution in [0.4, 0.5) is 0 Å². The Balaban J connectivity index is 1.52. The fourth-order valence-corrected chi connectivity index (χ4v) is 3.04. The zero-order chi connectivity index (χ0) is 18.2. The van der Waals surface area contributed by atoms with Crippen molar-refractivity contribution in [2.75, 3.05) is 19.6 Å². The number of guanidine groups is 1. The minimum Gasteiger partial charge on any atom is -0.357 e. The fourth-order valence-electron chi connectivity index (χ4n) is 3.04. The number of likely N-dealkylation sites (tertiary alicyclic amines) is 1. The molecular weight excluding hydrogens is 328 g/mol. The molecule has 0 saturated carbocycles. The van der Waals surface area contributed by atoms with E-state index in [0.29, 0.717) is 24.8 Å². The third-order valence-corrected chi connectivity index (χ3v) is 4.38. The topological polar surface area (TPSA) is 78.6 Å². The predicted octanol–water partition coefficient (Wildman–Crippen LogP) is 2.23. The largest absolute Gasteiger partial charge is 0.357 e. The monoisotopic (exact) mass is 356 g/mol. The molecule has 140 valence electrons. The lowest BCUT2D eigenvalue weighted by Crippen LogP contribution is -2.37. The van der Waals surface area contributed by atoms with Crippen molar-refractivity contribution in [3.63, 3.8) is 0 Å². The molecule has 2 N–H and O–H groups in total. The van der Waals surface area contributed by atoms with E-state index in [9.17, 15) is 0 Å². The van der Waals surface area contributed by atoms with Gasteiger partial charge in [-0.25, -0.2) is 4.99 Å². The molecule has 1 saturated heterocycles. The molecule has 2 aromatic rings. The molecule has 2 heterocycles. The maximum absolute atomic E-state index is 4.98. The molecule has 1 aromatic carbocycles. The number of hydrogen-bond donors (Lipinski definition) is 2. The summed E-state index contributed by atoms with van der Waals surface area (Å²) >= 11 is 0. The molecular formula is C19H28N6O. The van der Waals surface area contributed by atoms with Gasteiger partial charge in [-0.1, -0.05) is 29.4 Å². The molecule has 0 spiro atoms. The third kappa shape index (κ3) is 5.56. The van der Waals surface area contributed by atoms with Crippen LogP contribution < -0.4 is 10.6 Å². The Hall–Kier alpha value is -2.41. The zero-order valence-corrected chi connectivity index (χ0v) is 15.7. The van der Waals surface area contributed by atoms with Gasteiger partial charge < -0.3 is 15.2 Å². The van der Waals surface area contributed by atoms with Crippen LogP contribution in [0.3, 0.4) is 0 Å². The van der Waals surface area contributed by atoms with Crippen LogP contribution in [0.2, 0.25) is 0 Å². The molecule has 7 heteroatoms. The Morgan fingerprint density at radius 2 is 1.88 bits per heavy atom. The van der Waals surface area contributed by atoms with E-state index in [1.807, 2.05) is 6.92 Å². The van der Waals surface area contributed by atoms with Crippen molar-refractivity contribution in [1.29, 1.82) is 0 Å². The van der Waals surface area contributed by atoms with Crippen molar-refractivity contribution in [2.24, 2.45) is 4.99 Å². The highest BCUT2D eigenvalue weighted by Gasteiger charge is 2.11. The van der Waals surface area contributed by atoms with Gasteiger partial charge in [-0.3, -0.25) is 4.90 Å². The summed E-state index contributed by atoms with van der Waals surface area (Å²) in [7, 11) is 0. The summed E-state index contributed by atoms with van der Waals surface area (Å²) in [6, 6.07) is 8.76. The number of aromatic nitrogens is 2. The van der Waals surface area contributed by atoms with E-state index in [4.69, 9.17) is 4.52 Å². The lowest BCUT2D eigenvalue weighted by Gasteiger charge is -2.14. The molecule has 1 fully saturated rings. The summed E-state index contributed by atoms with van der Waals surface area (Å²) in [4.78, 5) is 11.3. The normalized spacial score (nSPS) is 15.4. The highest BCUT2D eigenvalue weighted by molar-refractivity contribution is 5.79. The number of hydrogen-bond acceptors (Lipinski definition) is 5. The van der Waals surface area contributed by atoms with Crippen LogP contribution in [0.25, 0.3) is 0 Å². The Kier molecular flexibility index (Phi) is 6.60. The molecule has 0 aliphatic carbocycles. The second-order valence-electron chi connectivity index (χ2n) is 6.58. The number of benzene rings is 1. The maximum atomic E-state index is 4.98. The zero-order valence-electron chi connectivity index (χ0n) is 15.7. The van der Waals surface area contributed by atoms with Crippen LogP contribution in [0, 0.1) is 6.92 Å². The second-order valence-corrected chi connectivity index (χ2v) is 6.58. The van der Waals surface area contributed by atoms with Gasteiger partial charge in [0, 0.05) is 20.0 Å². The van der Waals surface area contributed by atoms with Gasteiger partial charge in [-0.15, -0.1) is 0 Å². The molecule has 0 bridgehead atoms. The molecule has 26 heavy (non-hydrogen) atoms. The van der Waals surface area contributed by atoms with Crippen molar-refractivity contribution in [1.82, 2.24) is 25.7 Å². The standard InChI is InChI=1S/C19H28N6O/c1-3-20-19(22-13-18-23-15(2)26-24-18)21-12-16-6-8-17(9-7-16)14-25-10-4-5-11-25/h6-9H,3-5,10-14H2,1-2H3,(H2,20,21,22). The van der Waals surface area contributed by atoms with Crippen LogP contribution in [0.1, 0.15) is 42.6 Å². The average molecular weight is 356 g/mol. The third-order valence-electron chi connectivity index (χ3n) is 4.38. The van der Waals surface area contributed by atoms with Gasteiger partial charge in [0.05, 0.1) is 13.1 Å². The molecule has 0 amide bonds. The first-order valence-electron chi connectivity index (χ1n) is 9.34. The summed E-state index contributed by atoms with van der Waals surface area (Å²) in [6.07, 6.45) is 2.66. The van der Waals surface area contributed by atoms with Gasteiger partial charge in [0.15, 0.2) is 11.8 Å². The minimum absolute atomic E-state index is 0.484. The van der Waals surface area contributed by atoms with Gasteiger partial charge >= 0.3 is 0 Å². The SMILES string of the molecule is CCNC(=NCc1ccc(CN2CCCC2)cc1)NCc1noc(C)n1. The fraction of sp³-hybridized carbons (Fsp3) is 0.526. The quantitative estimate of drug-likeness (QED) is 0.585. The van der Waals surface area contributed by atoms with E-state index in [1.54, 1.807) is 6.92 Å². The highest BCUT2D eigenvalue weighted by atomic mass is 16.5. The summed E-state index contributed by atoms with van der Waals surface area (Å²) in [6.45, 7) is 9.24. The van der Waals surface area contributed by atoms with E-state index in [1.165, 1.54) is 37.1 Å². The van der Waals surface area contributed by atoms with E-state index >= 15 is 0 Å². The number of rotatable bonds is 7. The van der Waals surface area contributed by atoms with Gasteiger partial charge in [0.1, 0.15) is 0 Å².